The summed E-state index contributed by atoms with van der Waals surface area (Å²) >= 11 is 0. The summed E-state index contributed by atoms with van der Waals surface area (Å²) in [7, 11) is 1.66. The first-order valence-electron chi connectivity index (χ1n) is 6.98. The molecular formula is C18H22ClNO2. The molecule has 118 valence electrons. The second-order valence-electron chi connectivity index (χ2n) is 4.68. The van der Waals surface area contributed by atoms with Gasteiger partial charge in [0.2, 0.25) is 0 Å². The van der Waals surface area contributed by atoms with E-state index in [1.165, 1.54) is 0 Å². The summed E-state index contributed by atoms with van der Waals surface area (Å²) in [5.74, 6) is 1.51. The van der Waals surface area contributed by atoms with Gasteiger partial charge in [-0.05, 0) is 23.3 Å². The highest BCUT2D eigenvalue weighted by Crippen LogP contribution is 2.28. The minimum absolute atomic E-state index is 0. The van der Waals surface area contributed by atoms with Gasteiger partial charge < -0.3 is 14.8 Å². The van der Waals surface area contributed by atoms with E-state index in [0.29, 0.717) is 6.61 Å². The Morgan fingerprint density at radius 2 is 1.82 bits per heavy atom. The van der Waals surface area contributed by atoms with E-state index in [1.807, 2.05) is 54.6 Å². The molecule has 0 aromatic heterocycles. The molecule has 0 saturated heterocycles. The molecule has 0 saturated carbocycles. The Bertz CT molecular complexity index is 573. The van der Waals surface area contributed by atoms with Crippen LogP contribution < -0.4 is 14.8 Å². The predicted molar refractivity (Wildman–Crippen MR) is 92.9 cm³/mol. The number of benzene rings is 2. The quantitative estimate of drug-likeness (QED) is 0.590. The number of ether oxygens (including phenoxy) is 2. The van der Waals surface area contributed by atoms with Gasteiger partial charge in [0.15, 0.2) is 11.5 Å². The average Bonchev–Trinajstić information content (AvgIpc) is 2.54. The minimum atomic E-state index is 0. The third-order valence-corrected chi connectivity index (χ3v) is 3.08. The summed E-state index contributed by atoms with van der Waals surface area (Å²) in [4.78, 5) is 0. The largest absolute Gasteiger partial charge is 0.493 e. The predicted octanol–water partition coefficient (Wildman–Crippen LogP) is 3.97. The van der Waals surface area contributed by atoms with Gasteiger partial charge in [0, 0.05) is 13.1 Å². The smallest absolute Gasteiger partial charge is 0.161 e. The zero-order valence-corrected chi connectivity index (χ0v) is 13.6. The Kier molecular flexibility index (Phi) is 8.11. The van der Waals surface area contributed by atoms with Crippen LogP contribution in [0.15, 0.2) is 61.2 Å². The molecule has 0 amide bonds. The van der Waals surface area contributed by atoms with Crippen molar-refractivity contribution >= 4 is 12.4 Å². The normalized spacial score (nSPS) is 9.68. The van der Waals surface area contributed by atoms with Crippen LogP contribution in [0.3, 0.4) is 0 Å². The molecule has 1 N–H and O–H groups in total. The van der Waals surface area contributed by atoms with Crippen LogP contribution in [0, 0.1) is 0 Å². The minimum Gasteiger partial charge on any atom is -0.493 e. The van der Waals surface area contributed by atoms with E-state index in [0.717, 1.165) is 35.7 Å². The van der Waals surface area contributed by atoms with Crippen LogP contribution in [0.1, 0.15) is 11.1 Å². The summed E-state index contributed by atoms with van der Waals surface area (Å²) in [6.45, 7) is 5.78. The third kappa shape index (κ3) is 5.43. The van der Waals surface area contributed by atoms with Gasteiger partial charge in [-0.3, -0.25) is 0 Å². The summed E-state index contributed by atoms with van der Waals surface area (Å²) in [6, 6.07) is 16.1. The van der Waals surface area contributed by atoms with Crippen LogP contribution in [0.2, 0.25) is 0 Å². The maximum Gasteiger partial charge on any atom is 0.161 e. The Morgan fingerprint density at radius 3 is 2.50 bits per heavy atom. The maximum absolute atomic E-state index is 5.83. The van der Waals surface area contributed by atoms with E-state index in [9.17, 15) is 0 Å². The van der Waals surface area contributed by atoms with Crippen LogP contribution in [-0.2, 0) is 13.2 Å². The summed E-state index contributed by atoms with van der Waals surface area (Å²) in [5.41, 5.74) is 2.29. The fraction of sp³-hybridized carbons (Fsp3) is 0.222. The van der Waals surface area contributed by atoms with Crippen LogP contribution in [-0.4, -0.2) is 13.7 Å². The molecule has 0 unspecified atom stereocenters. The lowest BCUT2D eigenvalue weighted by molar-refractivity contribution is 0.284. The van der Waals surface area contributed by atoms with Crippen molar-refractivity contribution in [1.82, 2.24) is 5.32 Å². The summed E-state index contributed by atoms with van der Waals surface area (Å²) in [5, 5.41) is 3.27. The van der Waals surface area contributed by atoms with Crippen molar-refractivity contribution in [3.05, 3.63) is 72.3 Å². The van der Waals surface area contributed by atoms with Gasteiger partial charge in [-0.2, -0.15) is 0 Å². The number of hydrogen-bond acceptors (Lipinski definition) is 3. The van der Waals surface area contributed by atoms with Gasteiger partial charge in [-0.15, -0.1) is 19.0 Å². The Balaban J connectivity index is 0.00000242. The lowest BCUT2D eigenvalue weighted by atomic mass is 10.2. The zero-order chi connectivity index (χ0) is 14.9. The van der Waals surface area contributed by atoms with Gasteiger partial charge in [0.25, 0.3) is 0 Å². The van der Waals surface area contributed by atoms with Crippen molar-refractivity contribution in [3.8, 4) is 11.5 Å². The highest BCUT2D eigenvalue weighted by Gasteiger charge is 2.06. The SMILES string of the molecule is C=CCNCc1ccc(OCc2ccccc2)c(OC)c1.Cl. The van der Waals surface area contributed by atoms with E-state index < -0.39 is 0 Å². The van der Waals surface area contributed by atoms with Gasteiger partial charge in [0.05, 0.1) is 7.11 Å². The lowest BCUT2D eigenvalue weighted by Gasteiger charge is -2.12. The number of nitrogens with one attached hydrogen (secondary N) is 1. The Morgan fingerprint density at radius 1 is 1.05 bits per heavy atom. The molecule has 2 aromatic carbocycles. The first-order valence-corrected chi connectivity index (χ1v) is 6.98. The topological polar surface area (TPSA) is 30.5 Å². The molecule has 0 fully saturated rings. The van der Waals surface area contributed by atoms with Gasteiger partial charge in [-0.25, -0.2) is 0 Å². The van der Waals surface area contributed by atoms with Crippen LogP contribution >= 0.6 is 12.4 Å². The first kappa shape index (κ1) is 18.1. The molecule has 0 bridgehead atoms. The molecule has 0 aliphatic heterocycles. The Labute approximate surface area is 138 Å². The maximum atomic E-state index is 5.83. The first-order chi connectivity index (χ1) is 10.3. The van der Waals surface area contributed by atoms with E-state index in [-0.39, 0.29) is 12.4 Å². The molecule has 2 rings (SSSR count). The van der Waals surface area contributed by atoms with Crippen LogP contribution in [0.4, 0.5) is 0 Å². The average molecular weight is 320 g/mol. The molecule has 0 spiro atoms. The van der Waals surface area contributed by atoms with Crippen molar-refractivity contribution in [2.45, 2.75) is 13.2 Å². The molecule has 0 heterocycles. The second kappa shape index (κ2) is 9.87. The van der Waals surface area contributed by atoms with E-state index >= 15 is 0 Å². The fourth-order valence-electron chi connectivity index (χ4n) is 2.00. The van der Waals surface area contributed by atoms with Crippen LogP contribution in [0.25, 0.3) is 0 Å². The highest BCUT2D eigenvalue weighted by molar-refractivity contribution is 5.85. The summed E-state index contributed by atoms with van der Waals surface area (Å²) in [6.07, 6.45) is 1.84. The zero-order valence-electron chi connectivity index (χ0n) is 12.7. The summed E-state index contributed by atoms with van der Waals surface area (Å²) < 4.78 is 11.2. The monoisotopic (exact) mass is 319 g/mol. The number of methoxy groups -OCH3 is 1. The second-order valence-corrected chi connectivity index (χ2v) is 4.68. The molecule has 22 heavy (non-hydrogen) atoms. The highest BCUT2D eigenvalue weighted by atomic mass is 35.5. The van der Waals surface area contributed by atoms with Crippen molar-refractivity contribution in [1.29, 1.82) is 0 Å². The van der Waals surface area contributed by atoms with Crippen LogP contribution in [0.5, 0.6) is 11.5 Å². The molecule has 4 heteroatoms. The van der Waals surface area contributed by atoms with E-state index in [4.69, 9.17) is 9.47 Å². The number of hydrogen-bond donors (Lipinski definition) is 1. The molecule has 0 radical (unpaired) electrons. The van der Waals surface area contributed by atoms with Crippen molar-refractivity contribution in [3.63, 3.8) is 0 Å². The number of rotatable bonds is 8. The molecule has 2 aromatic rings. The van der Waals surface area contributed by atoms with Crippen molar-refractivity contribution in [2.75, 3.05) is 13.7 Å². The van der Waals surface area contributed by atoms with Gasteiger partial charge >= 0.3 is 0 Å². The Hall–Kier alpha value is -1.97. The number of halogens is 1. The van der Waals surface area contributed by atoms with Gasteiger partial charge in [0.1, 0.15) is 6.61 Å². The van der Waals surface area contributed by atoms with Gasteiger partial charge in [-0.1, -0.05) is 42.5 Å². The van der Waals surface area contributed by atoms with Crippen molar-refractivity contribution in [2.24, 2.45) is 0 Å². The lowest BCUT2D eigenvalue weighted by Crippen LogP contribution is -2.12. The molecule has 0 aliphatic carbocycles. The standard InChI is InChI=1S/C18H21NO2.ClH/c1-3-11-19-13-16-9-10-17(18(12-16)20-2)21-14-15-7-5-4-6-8-15;/h3-10,12,19H,1,11,13-14H2,2H3;1H. The van der Waals surface area contributed by atoms with E-state index in [2.05, 4.69) is 11.9 Å². The third-order valence-electron chi connectivity index (χ3n) is 3.08. The molecular weight excluding hydrogens is 298 g/mol. The molecule has 0 aliphatic rings. The van der Waals surface area contributed by atoms with Crippen molar-refractivity contribution < 1.29 is 9.47 Å². The van der Waals surface area contributed by atoms with E-state index in [1.54, 1.807) is 7.11 Å². The fourth-order valence-corrected chi connectivity index (χ4v) is 2.00. The molecule has 0 atom stereocenters. The molecule has 3 nitrogen and oxygen atoms in total.